The third-order valence-electron chi connectivity index (χ3n) is 4.90. The molecule has 0 aliphatic carbocycles. The smallest absolute Gasteiger partial charge is 0.353 e. The van der Waals surface area contributed by atoms with Gasteiger partial charge in [-0.3, -0.25) is 0 Å². The molecule has 0 N–H and O–H groups in total. The minimum atomic E-state index is -4.70. The number of aromatic nitrogens is 2. The Hall–Kier alpha value is -2.14. The molecule has 6 nitrogen and oxygen atoms in total. The van der Waals surface area contributed by atoms with Crippen LogP contribution in [0.3, 0.4) is 0 Å². The molecular formula is C19H15Cl2F3N4O2S. The SMILES string of the molecule is O=S(=O)(c1ccc(Cl)c(Cl)c1)N1CCN(c2nc(C(F)(F)F)nc3ccccc23)CC1. The van der Waals surface area contributed by atoms with Crippen LogP contribution in [0.2, 0.25) is 10.0 Å². The van der Waals surface area contributed by atoms with Crippen molar-refractivity contribution in [3.8, 4) is 0 Å². The number of hydrogen-bond donors (Lipinski definition) is 0. The summed E-state index contributed by atoms with van der Waals surface area (Å²) in [6, 6.07) is 10.5. The molecule has 12 heteroatoms. The van der Waals surface area contributed by atoms with Crippen LogP contribution in [0.15, 0.2) is 47.4 Å². The maximum atomic E-state index is 13.3. The first-order chi connectivity index (χ1) is 14.6. The molecule has 0 spiro atoms. The fraction of sp³-hybridized carbons (Fsp3) is 0.263. The van der Waals surface area contributed by atoms with Gasteiger partial charge in [0.1, 0.15) is 5.82 Å². The predicted molar refractivity (Wildman–Crippen MR) is 112 cm³/mol. The van der Waals surface area contributed by atoms with Crippen LogP contribution in [0, 0.1) is 0 Å². The Morgan fingerprint density at radius 1 is 0.903 bits per heavy atom. The van der Waals surface area contributed by atoms with Crippen molar-refractivity contribution in [3.05, 3.63) is 58.3 Å². The second kappa shape index (κ2) is 8.09. The van der Waals surface area contributed by atoms with E-state index in [-0.39, 0.29) is 52.5 Å². The molecule has 1 saturated heterocycles. The fourth-order valence-electron chi connectivity index (χ4n) is 3.35. The molecule has 0 radical (unpaired) electrons. The Morgan fingerprint density at radius 3 is 2.23 bits per heavy atom. The van der Waals surface area contributed by atoms with Gasteiger partial charge in [0.15, 0.2) is 0 Å². The zero-order chi connectivity index (χ0) is 22.4. The van der Waals surface area contributed by atoms with Crippen molar-refractivity contribution in [1.29, 1.82) is 0 Å². The monoisotopic (exact) mass is 490 g/mol. The third-order valence-corrected chi connectivity index (χ3v) is 7.54. The van der Waals surface area contributed by atoms with E-state index in [9.17, 15) is 21.6 Å². The van der Waals surface area contributed by atoms with Crippen molar-refractivity contribution in [2.24, 2.45) is 0 Å². The highest BCUT2D eigenvalue weighted by Crippen LogP contribution is 2.33. The van der Waals surface area contributed by atoms with Crippen molar-refractivity contribution in [3.63, 3.8) is 0 Å². The molecule has 0 atom stereocenters. The first-order valence-corrected chi connectivity index (χ1v) is 11.3. The molecular weight excluding hydrogens is 476 g/mol. The summed E-state index contributed by atoms with van der Waals surface area (Å²) in [7, 11) is -3.83. The Labute approximate surface area is 186 Å². The highest BCUT2D eigenvalue weighted by molar-refractivity contribution is 7.89. The quantitative estimate of drug-likeness (QED) is 0.541. The van der Waals surface area contributed by atoms with Gasteiger partial charge in [0, 0.05) is 31.6 Å². The summed E-state index contributed by atoms with van der Waals surface area (Å²) in [5.41, 5.74) is 0.172. The normalized spacial score (nSPS) is 16.1. The van der Waals surface area contributed by atoms with Gasteiger partial charge in [-0.2, -0.15) is 17.5 Å². The summed E-state index contributed by atoms with van der Waals surface area (Å²) in [5.74, 6) is -1.10. The molecule has 31 heavy (non-hydrogen) atoms. The van der Waals surface area contributed by atoms with E-state index in [4.69, 9.17) is 23.2 Å². The molecule has 0 saturated carbocycles. The molecule has 2 aromatic carbocycles. The number of para-hydroxylation sites is 1. The standard InChI is InChI=1S/C19H15Cl2F3N4O2S/c20-14-6-5-12(11-15(14)21)31(29,30)28-9-7-27(8-10-28)17-13-3-1-2-4-16(13)25-18(26-17)19(22,23)24/h1-6,11H,7-10H2. The van der Waals surface area contributed by atoms with Crippen LogP contribution in [0.5, 0.6) is 0 Å². The number of halogens is 5. The minimum absolute atomic E-state index is 0.00203. The van der Waals surface area contributed by atoms with E-state index in [1.165, 1.54) is 28.6 Å². The maximum Gasteiger partial charge on any atom is 0.451 e. The third kappa shape index (κ3) is 4.30. The van der Waals surface area contributed by atoms with Gasteiger partial charge in [-0.05, 0) is 30.3 Å². The molecule has 1 aliphatic rings. The maximum absolute atomic E-state index is 13.3. The van der Waals surface area contributed by atoms with E-state index >= 15 is 0 Å². The molecule has 0 unspecified atom stereocenters. The van der Waals surface area contributed by atoms with Crippen molar-refractivity contribution in [2.75, 3.05) is 31.1 Å². The van der Waals surface area contributed by atoms with E-state index in [0.29, 0.717) is 5.39 Å². The number of alkyl halides is 3. The van der Waals surface area contributed by atoms with Crippen LogP contribution < -0.4 is 4.90 Å². The van der Waals surface area contributed by atoms with E-state index in [0.717, 1.165) is 0 Å². The number of sulfonamides is 1. The second-order valence-electron chi connectivity index (χ2n) is 6.85. The van der Waals surface area contributed by atoms with Gasteiger partial charge in [0.25, 0.3) is 0 Å². The zero-order valence-corrected chi connectivity index (χ0v) is 18.1. The number of benzene rings is 2. The number of anilines is 1. The van der Waals surface area contributed by atoms with Gasteiger partial charge < -0.3 is 4.90 Å². The lowest BCUT2D eigenvalue weighted by Crippen LogP contribution is -2.49. The molecule has 1 fully saturated rings. The lowest BCUT2D eigenvalue weighted by atomic mass is 10.2. The fourth-order valence-corrected chi connectivity index (χ4v) is 5.17. The van der Waals surface area contributed by atoms with Crippen LogP contribution in [-0.4, -0.2) is 48.9 Å². The summed E-state index contributed by atoms with van der Waals surface area (Å²) in [4.78, 5) is 9.01. The Morgan fingerprint density at radius 2 is 1.58 bits per heavy atom. The number of nitrogens with zero attached hydrogens (tertiary/aromatic N) is 4. The van der Waals surface area contributed by atoms with Crippen LogP contribution >= 0.6 is 23.2 Å². The average molecular weight is 491 g/mol. The number of hydrogen-bond acceptors (Lipinski definition) is 5. The van der Waals surface area contributed by atoms with Gasteiger partial charge in [0.05, 0.1) is 20.5 Å². The predicted octanol–water partition coefficient (Wildman–Crippen LogP) is 4.47. The number of piperazine rings is 1. The van der Waals surface area contributed by atoms with Gasteiger partial charge in [0.2, 0.25) is 15.8 Å². The lowest BCUT2D eigenvalue weighted by Gasteiger charge is -2.35. The number of fused-ring (bicyclic) bond motifs is 1. The summed E-state index contributed by atoms with van der Waals surface area (Å²) in [6.07, 6.45) is -4.70. The highest BCUT2D eigenvalue weighted by atomic mass is 35.5. The molecule has 0 bridgehead atoms. The van der Waals surface area contributed by atoms with Crippen molar-refractivity contribution >= 4 is 49.9 Å². The van der Waals surface area contributed by atoms with Crippen molar-refractivity contribution in [2.45, 2.75) is 11.1 Å². The van der Waals surface area contributed by atoms with Crippen LogP contribution in [0.1, 0.15) is 5.82 Å². The molecule has 4 rings (SSSR count). The Bertz CT molecular complexity index is 1250. The summed E-state index contributed by atoms with van der Waals surface area (Å²) in [5, 5.41) is 0.825. The minimum Gasteiger partial charge on any atom is -0.353 e. The molecule has 1 aromatic heterocycles. The van der Waals surface area contributed by atoms with Crippen molar-refractivity contribution in [1.82, 2.24) is 14.3 Å². The Balaban J connectivity index is 1.62. The van der Waals surface area contributed by atoms with Gasteiger partial charge in [-0.25, -0.2) is 18.4 Å². The zero-order valence-electron chi connectivity index (χ0n) is 15.8. The first-order valence-electron chi connectivity index (χ1n) is 9.11. The van der Waals surface area contributed by atoms with Crippen molar-refractivity contribution < 1.29 is 21.6 Å². The van der Waals surface area contributed by atoms with E-state index in [1.54, 1.807) is 23.1 Å². The topological polar surface area (TPSA) is 66.4 Å². The van der Waals surface area contributed by atoms with E-state index in [2.05, 4.69) is 9.97 Å². The molecule has 1 aliphatic heterocycles. The van der Waals surface area contributed by atoms with E-state index < -0.39 is 22.0 Å². The Kier molecular flexibility index (Phi) is 5.76. The number of rotatable bonds is 3. The molecule has 2 heterocycles. The first kappa shape index (κ1) is 22.1. The van der Waals surface area contributed by atoms with Crippen LogP contribution in [0.4, 0.5) is 19.0 Å². The van der Waals surface area contributed by atoms with Crippen LogP contribution in [-0.2, 0) is 16.2 Å². The molecule has 164 valence electrons. The van der Waals surface area contributed by atoms with Gasteiger partial charge >= 0.3 is 6.18 Å². The van der Waals surface area contributed by atoms with Gasteiger partial charge in [-0.1, -0.05) is 35.3 Å². The lowest BCUT2D eigenvalue weighted by molar-refractivity contribution is -0.144. The highest BCUT2D eigenvalue weighted by Gasteiger charge is 2.37. The average Bonchev–Trinajstić information content (AvgIpc) is 2.74. The van der Waals surface area contributed by atoms with Crippen LogP contribution in [0.25, 0.3) is 10.9 Å². The molecule has 3 aromatic rings. The summed E-state index contributed by atoms with van der Waals surface area (Å²) in [6.45, 7) is 0.474. The van der Waals surface area contributed by atoms with E-state index in [1.807, 2.05) is 0 Å². The van der Waals surface area contributed by atoms with Gasteiger partial charge in [-0.15, -0.1) is 0 Å². The summed E-state index contributed by atoms with van der Waals surface area (Å²) < 4.78 is 66.9. The second-order valence-corrected chi connectivity index (χ2v) is 9.61. The largest absolute Gasteiger partial charge is 0.451 e. The molecule has 0 amide bonds. The summed E-state index contributed by atoms with van der Waals surface area (Å²) >= 11 is 11.8.